The largest absolute Gasteiger partial charge is 0.478 e. The van der Waals surface area contributed by atoms with E-state index in [-0.39, 0.29) is 16.5 Å². The predicted octanol–water partition coefficient (Wildman–Crippen LogP) is 6.38. The van der Waals surface area contributed by atoms with Gasteiger partial charge >= 0.3 is 5.97 Å². The first kappa shape index (κ1) is 26.5. The molecule has 1 heterocycles. The summed E-state index contributed by atoms with van der Waals surface area (Å²) in [4.78, 5) is 26.9. The number of benzene rings is 3. The molecule has 0 saturated heterocycles. The number of ether oxygens (including phenoxy) is 2. The van der Waals surface area contributed by atoms with Crippen LogP contribution >= 0.6 is 11.6 Å². The van der Waals surface area contributed by atoms with Crippen LogP contribution in [0, 0.1) is 11.6 Å². The normalized spacial score (nSPS) is 10.7. The third kappa shape index (κ3) is 6.05. The number of carboxylic acids is 1. The molecular formula is C27H20ClF2N3O5. The maximum atomic E-state index is 14.6. The van der Waals surface area contributed by atoms with Crippen molar-refractivity contribution in [2.24, 2.45) is 5.73 Å². The molecule has 38 heavy (non-hydrogen) atoms. The maximum absolute atomic E-state index is 14.6. The molecule has 4 N–H and O–H groups in total. The average molecular weight is 540 g/mol. The smallest absolute Gasteiger partial charge is 0.339 e. The van der Waals surface area contributed by atoms with Gasteiger partial charge in [0, 0.05) is 25.6 Å². The van der Waals surface area contributed by atoms with Crippen LogP contribution in [0.15, 0.2) is 66.7 Å². The van der Waals surface area contributed by atoms with Gasteiger partial charge in [0.15, 0.2) is 11.6 Å². The van der Waals surface area contributed by atoms with Gasteiger partial charge in [0.25, 0.3) is 11.8 Å². The van der Waals surface area contributed by atoms with Gasteiger partial charge < -0.3 is 25.6 Å². The highest BCUT2D eigenvalue weighted by Crippen LogP contribution is 2.36. The van der Waals surface area contributed by atoms with Gasteiger partial charge in [-0.25, -0.2) is 13.6 Å². The van der Waals surface area contributed by atoms with Gasteiger partial charge in [-0.3, -0.25) is 4.79 Å². The van der Waals surface area contributed by atoms with Crippen LogP contribution in [0.5, 0.6) is 23.3 Å². The van der Waals surface area contributed by atoms with Gasteiger partial charge in [-0.1, -0.05) is 41.9 Å². The number of carbonyl (C=O) groups excluding carboxylic acids is 1. The lowest BCUT2D eigenvalue weighted by Gasteiger charge is -2.14. The summed E-state index contributed by atoms with van der Waals surface area (Å²) in [5.74, 6) is -5.81. The lowest BCUT2D eigenvalue weighted by molar-refractivity contribution is -0.114. The van der Waals surface area contributed by atoms with E-state index in [2.05, 4.69) is 10.3 Å². The number of nitrogens with zero attached hydrogens (tertiary/aromatic N) is 1. The monoisotopic (exact) mass is 539 g/mol. The highest BCUT2D eigenvalue weighted by Gasteiger charge is 2.21. The average Bonchev–Trinajstić information content (AvgIpc) is 2.88. The second kappa shape index (κ2) is 11.2. The number of anilines is 1. The molecule has 0 aliphatic rings. The van der Waals surface area contributed by atoms with E-state index < -0.39 is 46.6 Å². The molecule has 0 aliphatic carbocycles. The Morgan fingerprint density at radius 1 is 0.974 bits per heavy atom. The van der Waals surface area contributed by atoms with E-state index in [0.717, 1.165) is 28.8 Å². The van der Waals surface area contributed by atoms with E-state index in [0.29, 0.717) is 12.6 Å². The van der Waals surface area contributed by atoms with Crippen molar-refractivity contribution in [2.75, 3.05) is 5.32 Å². The van der Waals surface area contributed by atoms with E-state index in [1.807, 2.05) is 30.3 Å². The van der Waals surface area contributed by atoms with Gasteiger partial charge in [0.1, 0.15) is 17.1 Å². The van der Waals surface area contributed by atoms with Crippen LogP contribution < -0.4 is 20.5 Å². The molecule has 0 aliphatic heterocycles. The SMILES string of the molecule is CC(=O)Nc1cc(Oc2nc(Oc3cccc(-c4cccc(CN)c4)c3)c(F)cc2F)c(C(=O)O)cc1Cl. The van der Waals surface area contributed by atoms with Gasteiger partial charge in [-0.05, 0) is 41.0 Å². The van der Waals surface area contributed by atoms with Crippen molar-refractivity contribution >= 4 is 29.2 Å². The number of carbonyl (C=O) groups is 2. The predicted molar refractivity (Wildman–Crippen MR) is 137 cm³/mol. The second-order valence-electron chi connectivity index (χ2n) is 8.01. The van der Waals surface area contributed by atoms with Gasteiger partial charge in [0.05, 0.1) is 10.7 Å². The second-order valence-corrected chi connectivity index (χ2v) is 8.42. The van der Waals surface area contributed by atoms with E-state index in [1.54, 1.807) is 18.2 Å². The number of halogens is 3. The van der Waals surface area contributed by atoms with Crippen LogP contribution in [-0.2, 0) is 11.3 Å². The Labute approximate surface area is 220 Å². The van der Waals surface area contributed by atoms with Crippen LogP contribution in [0.1, 0.15) is 22.8 Å². The molecule has 0 bridgehead atoms. The van der Waals surface area contributed by atoms with Crippen molar-refractivity contribution in [1.29, 1.82) is 0 Å². The molecular weight excluding hydrogens is 520 g/mol. The number of nitrogens with one attached hydrogen (secondary N) is 1. The molecule has 1 amide bonds. The Hall–Kier alpha value is -4.54. The first-order valence-corrected chi connectivity index (χ1v) is 11.5. The minimum absolute atomic E-state index is 0.0219. The number of rotatable bonds is 8. The van der Waals surface area contributed by atoms with Gasteiger partial charge in [-0.2, -0.15) is 4.98 Å². The van der Waals surface area contributed by atoms with Crippen molar-refractivity contribution in [2.45, 2.75) is 13.5 Å². The Kier molecular flexibility index (Phi) is 7.85. The molecule has 0 unspecified atom stereocenters. The summed E-state index contributed by atoms with van der Waals surface area (Å²) in [5, 5.41) is 11.8. The summed E-state index contributed by atoms with van der Waals surface area (Å²) >= 11 is 6.03. The van der Waals surface area contributed by atoms with Crippen LogP contribution in [0.2, 0.25) is 5.02 Å². The highest BCUT2D eigenvalue weighted by atomic mass is 35.5. The van der Waals surface area contributed by atoms with Crippen LogP contribution in [0.3, 0.4) is 0 Å². The van der Waals surface area contributed by atoms with E-state index in [9.17, 15) is 23.5 Å². The van der Waals surface area contributed by atoms with Crippen molar-refractivity contribution < 1.29 is 33.0 Å². The topological polar surface area (TPSA) is 124 Å². The zero-order chi connectivity index (χ0) is 27.4. The summed E-state index contributed by atoms with van der Waals surface area (Å²) < 4.78 is 40.2. The number of amides is 1. The van der Waals surface area contributed by atoms with Crippen molar-refractivity contribution in [3.63, 3.8) is 0 Å². The summed E-state index contributed by atoms with van der Waals surface area (Å²) in [6, 6.07) is 16.9. The van der Waals surface area contributed by atoms with Crippen molar-refractivity contribution in [3.05, 3.63) is 94.5 Å². The number of aromatic nitrogens is 1. The first-order chi connectivity index (χ1) is 18.1. The Balaban J connectivity index is 1.67. The molecule has 8 nitrogen and oxygen atoms in total. The fraction of sp³-hybridized carbons (Fsp3) is 0.0741. The summed E-state index contributed by atoms with van der Waals surface area (Å²) in [6.07, 6.45) is 0. The van der Waals surface area contributed by atoms with Gasteiger partial charge in [-0.15, -0.1) is 0 Å². The molecule has 0 fully saturated rings. The Bertz CT molecular complexity index is 1550. The van der Waals surface area contributed by atoms with Crippen molar-refractivity contribution in [1.82, 2.24) is 4.98 Å². The molecule has 194 valence electrons. The fourth-order valence-corrected chi connectivity index (χ4v) is 3.71. The number of hydrogen-bond donors (Lipinski definition) is 3. The fourth-order valence-electron chi connectivity index (χ4n) is 3.50. The molecule has 1 aromatic heterocycles. The number of pyridine rings is 1. The quantitative estimate of drug-likeness (QED) is 0.237. The maximum Gasteiger partial charge on any atom is 0.339 e. The zero-order valence-electron chi connectivity index (χ0n) is 19.8. The van der Waals surface area contributed by atoms with E-state index >= 15 is 0 Å². The van der Waals surface area contributed by atoms with Crippen LogP contribution in [0.4, 0.5) is 14.5 Å². The third-order valence-electron chi connectivity index (χ3n) is 5.23. The first-order valence-electron chi connectivity index (χ1n) is 11.1. The summed E-state index contributed by atoms with van der Waals surface area (Å²) in [5.41, 5.74) is 7.83. The molecule has 3 aromatic carbocycles. The zero-order valence-corrected chi connectivity index (χ0v) is 20.6. The van der Waals surface area contributed by atoms with E-state index in [4.69, 9.17) is 26.8 Å². The Morgan fingerprint density at radius 2 is 1.63 bits per heavy atom. The lowest BCUT2D eigenvalue weighted by atomic mass is 10.0. The number of hydrogen-bond acceptors (Lipinski definition) is 6. The lowest BCUT2D eigenvalue weighted by Crippen LogP contribution is -2.09. The molecule has 4 aromatic rings. The summed E-state index contributed by atoms with van der Waals surface area (Å²) in [6.45, 7) is 1.58. The van der Waals surface area contributed by atoms with Crippen LogP contribution in [0.25, 0.3) is 11.1 Å². The number of aromatic carboxylic acids is 1. The summed E-state index contributed by atoms with van der Waals surface area (Å²) in [7, 11) is 0. The Morgan fingerprint density at radius 3 is 2.29 bits per heavy atom. The van der Waals surface area contributed by atoms with Crippen LogP contribution in [-0.4, -0.2) is 22.0 Å². The molecule has 0 atom stereocenters. The van der Waals surface area contributed by atoms with Crippen molar-refractivity contribution in [3.8, 4) is 34.4 Å². The standard InChI is InChI=1S/C27H20ClF2N3O5/c1-14(34)32-23-12-24(19(27(35)36)10-20(23)28)38-26-22(30)11-21(29)25(33-26)37-18-7-3-6-17(9-18)16-5-2-4-15(8-16)13-31/h2-12H,13,31H2,1H3,(H,32,34)(H,35,36). The minimum Gasteiger partial charge on any atom is -0.478 e. The molecule has 0 radical (unpaired) electrons. The highest BCUT2D eigenvalue weighted by molar-refractivity contribution is 6.34. The molecule has 11 heteroatoms. The minimum atomic E-state index is -1.44. The molecule has 0 saturated carbocycles. The number of nitrogens with two attached hydrogens (primary N) is 1. The number of carboxylic acid groups (broad SMARTS) is 1. The third-order valence-corrected chi connectivity index (χ3v) is 5.54. The molecule has 0 spiro atoms. The van der Waals surface area contributed by atoms with Gasteiger partial charge in [0.2, 0.25) is 5.91 Å². The van der Waals surface area contributed by atoms with E-state index in [1.165, 1.54) is 6.92 Å². The molecule has 4 rings (SSSR count).